The van der Waals surface area contributed by atoms with E-state index in [1.165, 1.54) is 32.1 Å². The fraction of sp³-hybridized carbons (Fsp3) is 0.556. The summed E-state index contributed by atoms with van der Waals surface area (Å²) in [5.41, 5.74) is 1.13. The Morgan fingerprint density at radius 1 is 1.26 bits per heavy atom. The molecule has 1 saturated heterocycles. The normalized spacial score (nSPS) is 20.3. The molecule has 0 aromatic carbocycles. The smallest absolute Gasteiger partial charge is 0.264 e. The minimum Gasteiger partial charge on any atom is -0.378 e. The fourth-order valence-corrected chi connectivity index (χ4v) is 3.37. The Labute approximate surface area is 137 Å². The van der Waals surface area contributed by atoms with E-state index in [0.717, 1.165) is 5.56 Å². The van der Waals surface area contributed by atoms with Gasteiger partial charge in [-0.15, -0.1) is 0 Å². The number of hydrogen-bond donors (Lipinski definition) is 0. The molecule has 2 heterocycles. The molecule has 0 spiro atoms. The number of rotatable bonds is 3. The lowest BCUT2D eigenvalue weighted by Crippen LogP contribution is -2.41. The number of hydrogen-bond acceptors (Lipinski definition) is 3. The quantitative estimate of drug-likeness (QED) is 0.637. The van der Waals surface area contributed by atoms with Crippen LogP contribution in [0.5, 0.6) is 0 Å². The molecule has 5 heteroatoms. The molecule has 0 N–H and O–H groups in total. The second-order valence-electron chi connectivity index (χ2n) is 6.26. The summed E-state index contributed by atoms with van der Waals surface area (Å²) in [7, 11) is 0. The zero-order valence-electron chi connectivity index (χ0n) is 13.4. The summed E-state index contributed by atoms with van der Waals surface area (Å²) in [6, 6.07) is 4.60. The lowest BCUT2D eigenvalue weighted by Gasteiger charge is -2.26. The first-order valence-electron chi connectivity index (χ1n) is 8.44. The number of aromatic nitrogens is 1. The van der Waals surface area contributed by atoms with E-state index in [2.05, 4.69) is 23.0 Å². The van der Waals surface area contributed by atoms with Crippen molar-refractivity contribution in [2.24, 2.45) is 0 Å². The van der Waals surface area contributed by atoms with Crippen molar-refractivity contribution in [3.05, 3.63) is 29.6 Å². The van der Waals surface area contributed by atoms with Gasteiger partial charge in [0.05, 0.1) is 13.2 Å². The Kier molecular flexibility index (Phi) is 5.14. The summed E-state index contributed by atoms with van der Waals surface area (Å²) in [6.45, 7) is 2.20. The molecule has 0 atom stereocenters. The van der Waals surface area contributed by atoms with Gasteiger partial charge in [-0.2, -0.15) is 5.26 Å². The van der Waals surface area contributed by atoms with Crippen LogP contribution in [0.1, 0.15) is 43.7 Å². The highest BCUT2D eigenvalue weighted by Gasteiger charge is 2.21. The van der Waals surface area contributed by atoms with Gasteiger partial charge in [0, 0.05) is 31.5 Å². The molecule has 3 rings (SSSR count). The summed E-state index contributed by atoms with van der Waals surface area (Å²) in [6.07, 6.45) is 12.2. The molecule has 0 radical (unpaired) electrons. The second kappa shape index (κ2) is 7.47. The summed E-state index contributed by atoms with van der Waals surface area (Å²) in [5, 5.41) is 9.34. The first-order valence-corrected chi connectivity index (χ1v) is 8.44. The van der Waals surface area contributed by atoms with E-state index in [1.807, 2.05) is 6.07 Å². The zero-order chi connectivity index (χ0) is 16.1. The van der Waals surface area contributed by atoms with E-state index in [9.17, 15) is 10.1 Å². The maximum atomic E-state index is 12.4. The maximum absolute atomic E-state index is 12.4. The van der Waals surface area contributed by atoms with E-state index in [1.54, 1.807) is 11.0 Å². The van der Waals surface area contributed by atoms with Gasteiger partial charge in [-0.1, -0.05) is 19.3 Å². The van der Waals surface area contributed by atoms with E-state index >= 15 is 0 Å². The minimum atomic E-state index is -0.193. The monoisotopic (exact) mass is 313 g/mol. The number of ether oxygens (including phenoxy) is 1. The Morgan fingerprint density at radius 2 is 2.00 bits per heavy atom. The van der Waals surface area contributed by atoms with Gasteiger partial charge >= 0.3 is 0 Å². The van der Waals surface area contributed by atoms with Crippen LogP contribution in [-0.4, -0.2) is 41.7 Å². The van der Waals surface area contributed by atoms with Gasteiger partial charge in [-0.3, -0.25) is 4.79 Å². The van der Waals surface area contributed by atoms with E-state index in [-0.39, 0.29) is 11.5 Å². The molecule has 1 aliphatic heterocycles. The second-order valence-corrected chi connectivity index (χ2v) is 6.26. The van der Waals surface area contributed by atoms with Gasteiger partial charge in [0.15, 0.2) is 0 Å². The third-order valence-electron chi connectivity index (χ3n) is 4.69. The van der Waals surface area contributed by atoms with Crippen molar-refractivity contribution >= 4 is 12.0 Å². The fourth-order valence-electron chi connectivity index (χ4n) is 3.37. The van der Waals surface area contributed by atoms with Crippen LogP contribution in [0.3, 0.4) is 0 Å². The van der Waals surface area contributed by atoms with Crippen molar-refractivity contribution in [1.29, 1.82) is 5.26 Å². The van der Waals surface area contributed by atoms with Crippen LogP contribution in [0.15, 0.2) is 24.0 Å². The van der Waals surface area contributed by atoms with Crippen molar-refractivity contribution in [3.63, 3.8) is 0 Å². The van der Waals surface area contributed by atoms with Gasteiger partial charge < -0.3 is 14.2 Å². The Balaban J connectivity index is 1.72. The van der Waals surface area contributed by atoms with E-state index in [0.29, 0.717) is 32.3 Å². The van der Waals surface area contributed by atoms with Gasteiger partial charge in [0.1, 0.15) is 11.6 Å². The number of nitrogens with zero attached hydrogens (tertiary/aromatic N) is 3. The van der Waals surface area contributed by atoms with Crippen molar-refractivity contribution in [1.82, 2.24) is 9.47 Å². The number of carbonyl (C=O) groups is 1. The lowest BCUT2D eigenvalue weighted by atomic mass is 9.95. The molecule has 1 amide bonds. The van der Waals surface area contributed by atoms with Crippen molar-refractivity contribution < 1.29 is 9.53 Å². The lowest BCUT2D eigenvalue weighted by molar-refractivity contribution is -0.130. The first-order chi connectivity index (χ1) is 11.3. The van der Waals surface area contributed by atoms with E-state index < -0.39 is 0 Å². The number of nitriles is 1. The molecule has 1 saturated carbocycles. The molecule has 2 fully saturated rings. The molecule has 23 heavy (non-hydrogen) atoms. The first kappa shape index (κ1) is 15.8. The van der Waals surface area contributed by atoms with Gasteiger partial charge in [-0.25, -0.2) is 0 Å². The summed E-state index contributed by atoms with van der Waals surface area (Å²) < 4.78 is 7.49. The third-order valence-corrected chi connectivity index (χ3v) is 4.69. The summed E-state index contributed by atoms with van der Waals surface area (Å²) >= 11 is 0. The standard InChI is InChI=1S/C18H23N3O2/c19-13-16(18(22)20-8-10-23-11-9-20)12-15-6-7-21(14-15)17-4-2-1-3-5-17/h6-7,12,14,17H,1-5,8-11H2/b16-12+. The highest BCUT2D eigenvalue weighted by molar-refractivity contribution is 6.01. The minimum absolute atomic E-state index is 0.193. The van der Waals surface area contributed by atoms with Gasteiger partial charge in [0.2, 0.25) is 0 Å². The third kappa shape index (κ3) is 3.83. The highest BCUT2D eigenvalue weighted by Crippen LogP contribution is 2.28. The Bertz CT molecular complexity index is 614. The molecule has 1 aliphatic carbocycles. The van der Waals surface area contributed by atoms with Crippen molar-refractivity contribution in [3.8, 4) is 6.07 Å². The van der Waals surface area contributed by atoms with Crippen LogP contribution in [0.25, 0.3) is 6.08 Å². The maximum Gasteiger partial charge on any atom is 0.264 e. The van der Waals surface area contributed by atoms with Gasteiger partial charge in [-0.05, 0) is 30.5 Å². The molecule has 0 bridgehead atoms. The Morgan fingerprint density at radius 3 is 2.70 bits per heavy atom. The largest absolute Gasteiger partial charge is 0.378 e. The van der Waals surface area contributed by atoms with Crippen LogP contribution < -0.4 is 0 Å². The molecule has 2 aliphatic rings. The molecule has 5 nitrogen and oxygen atoms in total. The Hall–Kier alpha value is -2.06. The predicted molar refractivity (Wildman–Crippen MR) is 87.5 cm³/mol. The molecule has 122 valence electrons. The topological polar surface area (TPSA) is 58.3 Å². The SMILES string of the molecule is N#C/C(=C\c1ccn(C2CCCCC2)c1)C(=O)N1CCOCC1. The number of morpholine rings is 1. The molecule has 1 aromatic heterocycles. The molecular weight excluding hydrogens is 290 g/mol. The summed E-state index contributed by atoms with van der Waals surface area (Å²) in [5.74, 6) is -0.193. The number of amides is 1. The zero-order valence-corrected chi connectivity index (χ0v) is 13.4. The van der Waals surface area contributed by atoms with Crippen LogP contribution in [0.2, 0.25) is 0 Å². The van der Waals surface area contributed by atoms with Crippen LogP contribution >= 0.6 is 0 Å². The molecular formula is C18H23N3O2. The van der Waals surface area contributed by atoms with Crippen LogP contribution in [0, 0.1) is 11.3 Å². The average molecular weight is 313 g/mol. The van der Waals surface area contributed by atoms with Gasteiger partial charge in [0.25, 0.3) is 5.91 Å². The average Bonchev–Trinajstić information content (AvgIpc) is 3.09. The molecule has 0 unspecified atom stereocenters. The van der Waals surface area contributed by atoms with Crippen LogP contribution in [-0.2, 0) is 9.53 Å². The highest BCUT2D eigenvalue weighted by atomic mass is 16.5. The predicted octanol–water partition coefficient (Wildman–Crippen LogP) is 2.76. The number of carbonyl (C=O) groups excluding carboxylic acids is 1. The van der Waals surface area contributed by atoms with E-state index in [4.69, 9.17) is 4.74 Å². The van der Waals surface area contributed by atoms with Crippen molar-refractivity contribution in [2.75, 3.05) is 26.3 Å². The summed E-state index contributed by atoms with van der Waals surface area (Å²) in [4.78, 5) is 14.1. The molecule has 1 aromatic rings. The van der Waals surface area contributed by atoms with Crippen molar-refractivity contribution in [2.45, 2.75) is 38.1 Å². The van der Waals surface area contributed by atoms with Crippen LogP contribution in [0.4, 0.5) is 0 Å².